The van der Waals surface area contributed by atoms with Crippen LogP contribution in [-0.4, -0.2) is 47.3 Å². The van der Waals surface area contributed by atoms with Crippen molar-refractivity contribution in [2.45, 2.75) is 70.9 Å². The number of carboxylic acid groups (broad SMARTS) is 1. The molecule has 3 amide bonds. The standard InChI is InChI=1S/C16H31N3O3/c1-16(2,3)18-14(20)19(4)13(11-17-15(21)22)10-12-8-6-5-7-9-12/h12-13,17H,5-11H2,1-4H3,(H,18,20)(H,21,22)/t13-/m1/s1. The molecule has 0 bridgehead atoms. The molecule has 6 nitrogen and oxygen atoms in total. The van der Waals surface area contributed by atoms with E-state index in [0.717, 1.165) is 6.42 Å². The Morgan fingerprint density at radius 1 is 1.23 bits per heavy atom. The molecule has 1 aliphatic carbocycles. The Morgan fingerprint density at radius 3 is 2.32 bits per heavy atom. The molecule has 6 heteroatoms. The lowest BCUT2D eigenvalue weighted by molar-refractivity contribution is 0.157. The van der Waals surface area contributed by atoms with E-state index < -0.39 is 6.09 Å². The summed E-state index contributed by atoms with van der Waals surface area (Å²) in [6.45, 7) is 6.08. The smallest absolute Gasteiger partial charge is 0.404 e. The molecule has 0 aromatic carbocycles. The van der Waals surface area contributed by atoms with Crippen LogP contribution in [0.25, 0.3) is 0 Å². The molecular formula is C16H31N3O3. The van der Waals surface area contributed by atoms with E-state index in [1.807, 2.05) is 20.8 Å². The monoisotopic (exact) mass is 313 g/mol. The fraction of sp³-hybridized carbons (Fsp3) is 0.875. The molecule has 1 fully saturated rings. The lowest BCUT2D eigenvalue weighted by Crippen LogP contribution is -2.53. The Labute approximate surface area is 133 Å². The van der Waals surface area contributed by atoms with Gasteiger partial charge in [-0.1, -0.05) is 32.1 Å². The second-order valence-corrected chi connectivity index (χ2v) is 7.37. The van der Waals surface area contributed by atoms with E-state index in [2.05, 4.69) is 10.6 Å². The molecule has 0 radical (unpaired) electrons. The van der Waals surface area contributed by atoms with E-state index in [1.165, 1.54) is 32.1 Å². The van der Waals surface area contributed by atoms with Gasteiger partial charge in [0.15, 0.2) is 0 Å². The van der Waals surface area contributed by atoms with Crippen LogP contribution in [-0.2, 0) is 0 Å². The predicted molar refractivity (Wildman–Crippen MR) is 87.1 cm³/mol. The van der Waals surface area contributed by atoms with Crippen molar-refractivity contribution in [3.63, 3.8) is 0 Å². The first-order valence-electron chi connectivity index (χ1n) is 8.21. The van der Waals surface area contributed by atoms with Gasteiger partial charge in [0, 0.05) is 19.1 Å². The van der Waals surface area contributed by atoms with Crippen LogP contribution >= 0.6 is 0 Å². The second kappa shape index (κ2) is 8.25. The number of nitrogens with zero attached hydrogens (tertiary/aromatic N) is 1. The summed E-state index contributed by atoms with van der Waals surface area (Å²) in [5.41, 5.74) is -0.305. The highest BCUT2D eigenvalue weighted by atomic mass is 16.4. The van der Waals surface area contributed by atoms with Crippen LogP contribution in [0, 0.1) is 5.92 Å². The van der Waals surface area contributed by atoms with Crippen molar-refractivity contribution in [1.82, 2.24) is 15.5 Å². The quantitative estimate of drug-likeness (QED) is 0.729. The molecular weight excluding hydrogens is 282 g/mol. The number of nitrogens with one attached hydrogen (secondary N) is 2. The number of carbonyl (C=O) groups is 2. The van der Waals surface area contributed by atoms with Gasteiger partial charge in [0.05, 0.1) is 6.04 Å². The third-order valence-corrected chi connectivity index (χ3v) is 4.17. The first-order chi connectivity index (χ1) is 10.2. The maximum atomic E-state index is 12.3. The van der Waals surface area contributed by atoms with Crippen molar-refractivity contribution in [1.29, 1.82) is 0 Å². The summed E-state index contributed by atoms with van der Waals surface area (Å²) in [5.74, 6) is 0.583. The molecule has 1 aliphatic rings. The fourth-order valence-corrected chi connectivity index (χ4v) is 2.97. The fourth-order valence-electron chi connectivity index (χ4n) is 2.97. The lowest BCUT2D eigenvalue weighted by atomic mass is 9.84. The predicted octanol–water partition coefficient (Wildman–Crippen LogP) is 3.03. The van der Waals surface area contributed by atoms with Crippen LogP contribution in [0.2, 0.25) is 0 Å². The Balaban J connectivity index is 2.65. The van der Waals surface area contributed by atoms with Crippen LogP contribution in [0.1, 0.15) is 59.3 Å². The third kappa shape index (κ3) is 7.00. The number of hydrogen-bond acceptors (Lipinski definition) is 2. The Bertz CT molecular complexity index is 373. The van der Waals surface area contributed by atoms with E-state index >= 15 is 0 Å². The largest absolute Gasteiger partial charge is 0.465 e. The van der Waals surface area contributed by atoms with Crippen molar-refractivity contribution in [2.75, 3.05) is 13.6 Å². The average Bonchev–Trinajstić information content (AvgIpc) is 2.41. The van der Waals surface area contributed by atoms with Gasteiger partial charge in [-0.05, 0) is 33.1 Å². The SMILES string of the molecule is CN(C(=O)NC(C)(C)C)[C@@H](CNC(=O)O)CC1CCCCC1. The molecule has 0 saturated heterocycles. The molecule has 22 heavy (non-hydrogen) atoms. The number of rotatable bonds is 5. The molecule has 0 aromatic heterocycles. The molecule has 0 unspecified atom stereocenters. The summed E-state index contributed by atoms with van der Waals surface area (Å²) in [5, 5.41) is 14.2. The number of carbonyl (C=O) groups excluding carboxylic acids is 1. The first-order valence-corrected chi connectivity index (χ1v) is 8.21. The molecule has 1 saturated carbocycles. The molecule has 1 rings (SSSR count). The molecule has 0 spiro atoms. The minimum absolute atomic E-state index is 0.110. The summed E-state index contributed by atoms with van der Waals surface area (Å²) in [4.78, 5) is 24.8. The summed E-state index contributed by atoms with van der Waals surface area (Å²) in [7, 11) is 1.75. The lowest BCUT2D eigenvalue weighted by Gasteiger charge is -2.34. The van der Waals surface area contributed by atoms with Crippen molar-refractivity contribution >= 4 is 12.1 Å². The maximum absolute atomic E-state index is 12.3. The summed E-state index contributed by atoms with van der Waals surface area (Å²) in [6.07, 6.45) is 5.93. The van der Waals surface area contributed by atoms with E-state index in [0.29, 0.717) is 5.92 Å². The van der Waals surface area contributed by atoms with E-state index in [-0.39, 0.29) is 24.2 Å². The molecule has 0 heterocycles. The topological polar surface area (TPSA) is 81.7 Å². The molecule has 0 aromatic rings. The van der Waals surface area contributed by atoms with Crippen LogP contribution in [0.15, 0.2) is 0 Å². The summed E-state index contributed by atoms with van der Waals surface area (Å²) in [6, 6.07) is -0.262. The minimum Gasteiger partial charge on any atom is -0.465 e. The van der Waals surface area contributed by atoms with Crippen molar-refractivity contribution in [2.24, 2.45) is 5.92 Å². The molecule has 1 atom stereocenters. The van der Waals surface area contributed by atoms with E-state index in [1.54, 1.807) is 11.9 Å². The molecule has 3 N–H and O–H groups in total. The Morgan fingerprint density at radius 2 is 1.82 bits per heavy atom. The van der Waals surface area contributed by atoms with Crippen molar-refractivity contribution in [3.05, 3.63) is 0 Å². The average molecular weight is 313 g/mol. The van der Waals surface area contributed by atoms with Gasteiger partial charge in [0.2, 0.25) is 0 Å². The highest BCUT2D eigenvalue weighted by Gasteiger charge is 2.27. The van der Waals surface area contributed by atoms with Gasteiger partial charge in [-0.3, -0.25) is 0 Å². The van der Waals surface area contributed by atoms with E-state index in [4.69, 9.17) is 5.11 Å². The van der Waals surface area contributed by atoms with E-state index in [9.17, 15) is 9.59 Å². The second-order valence-electron chi connectivity index (χ2n) is 7.37. The zero-order valence-corrected chi connectivity index (χ0v) is 14.3. The zero-order chi connectivity index (χ0) is 16.8. The highest BCUT2D eigenvalue weighted by Crippen LogP contribution is 2.28. The van der Waals surface area contributed by atoms with Crippen molar-refractivity contribution in [3.8, 4) is 0 Å². The van der Waals surface area contributed by atoms with Gasteiger partial charge in [0.1, 0.15) is 0 Å². The number of amides is 3. The van der Waals surface area contributed by atoms with Gasteiger partial charge < -0.3 is 20.6 Å². The van der Waals surface area contributed by atoms with Gasteiger partial charge in [-0.2, -0.15) is 0 Å². The van der Waals surface area contributed by atoms with Gasteiger partial charge in [0.25, 0.3) is 0 Å². The van der Waals surface area contributed by atoms with Gasteiger partial charge >= 0.3 is 12.1 Å². The van der Waals surface area contributed by atoms with Crippen LogP contribution in [0.5, 0.6) is 0 Å². The number of hydrogen-bond donors (Lipinski definition) is 3. The maximum Gasteiger partial charge on any atom is 0.404 e. The first kappa shape index (κ1) is 18.6. The van der Waals surface area contributed by atoms with Crippen LogP contribution < -0.4 is 10.6 Å². The minimum atomic E-state index is -1.04. The summed E-state index contributed by atoms with van der Waals surface area (Å²) < 4.78 is 0. The molecule has 128 valence electrons. The van der Waals surface area contributed by atoms with Crippen LogP contribution in [0.3, 0.4) is 0 Å². The van der Waals surface area contributed by atoms with Gasteiger partial charge in [-0.25, -0.2) is 9.59 Å². The van der Waals surface area contributed by atoms with Crippen molar-refractivity contribution < 1.29 is 14.7 Å². The zero-order valence-electron chi connectivity index (χ0n) is 14.3. The summed E-state index contributed by atoms with van der Waals surface area (Å²) >= 11 is 0. The van der Waals surface area contributed by atoms with Crippen LogP contribution in [0.4, 0.5) is 9.59 Å². The van der Waals surface area contributed by atoms with Gasteiger partial charge in [-0.15, -0.1) is 0 Å². The highest BCUT2D eigenvalue weighted by molar-refractivity contribution is 5.75. The third-order valence-electron chi connectivity index (χ3n) is 4.17. The number of urea groups is 1. The number of likely N-dealkylation sites (N-methyl/N-ethyl adjacent to an activating group) is 1. The molecule has 0 aliphatic heterocycles. The Hall–Kier alpha value is -1.46. The normalized spacial score (nSPS) is 17.6. The Kier molecular flexibility index (Phi) is 6.97.